The average molecular weight is 309 g/mol. The Morgan fingerprint density at radius 2 is 2.23 bits per heavy atom. The number of nitrogens with zero attached hydrogens (tertiary/aromatic N) is 3. The van der Waals surface area contributed by atoms with Crippen LogP contribution in [0.2, 0.25) is 0 Å². The molecule has 2 N–H and O–H groups in total. The lowest BCUT2D eigenvalue weighted by Crippen LogP contribution is -2.40. The smallest absolute Gasteiger partial charge is 0.360 e. The topological polar surface area (TPSA) is 100 Å². The van der Waals surface area contributed by atoms with Crippen molar-refractivity contribution in [3.05, 3.63) is 11.4 Å². The first-order valence-corrected chi connectivity index (χ1v) is 7.81. The molecule has 122 valence electrons. The number of carbonyl (C=O) groups is 2. The van der Waals surface area contributed by atoms with Crippen LogP contribution in [0.1, 0.15) is 61.8 Å². The standard InChI is InChI=1S/C14H23N5O3/c1-3-5-8-15-14(21)19-9-6-7-10(19)11-12(17-18-16-11)13(20)22-4-2/h10H,3-9H2,1-2H3,(H,15,21)(H,16,17,18). The van der Waals surface area contributed by atoms with Crippen LogP contribution in [0.5, 0.6) is 0 Å². The molecule has 22 heavy (non-hydrogen) atoms. The number of likely N-dealkylation sites (tertiary alicyclic amines) is 1. The van der Waals surface area contributed by atoms with Gasteiger partial charge in [0.25, 0.3) is 0 Å². The Morgan fingerprint density at radius 3 is 2.95 bits per heavy atom. The molecule has 1 saturated heterocycles. The quantitative estimate of drug-likeness (QED) is 0.614. The molecule has 2 amide bonds. The second kappa shape index (κ2) is 7.77. The Hall–Kier alpha value is -2.12. The summed E-state index contributed by atoms with van der Waals surface area (Å²) >= 11 is 0. The molecule has 1 aromatic rings. The minimum absolute atomic E-state index is 0.117. The zero-order valence-corrected chi connectivity index (χ0v) is 13.1. The highest BCUT2D eigenvalue weighted by molar-refractivity contribution is 5.88. The number of H-pyrrole nitrogens is 1. The Kier molecular flexibility index (Phi) is 5.74. The lowest BCUT2D eigenvalue weighted by Gasteiger charge is -2.23. The van der Waals surface area contributed by atoms with E-state index in [1.165, 1.54) is 0 Å². The first kappa shape index (κ1) is 16.3. The maximum absolute atomic E-state index is 12.3. The van der Waals surface area contributed by atoms with Gasteiger partial charge in [-0.1, -0.05) is 13.3 Å². The van der Waals surface area contributed by atoms with Gasteiger partial charge in [0, 0.05) is 13.1 Å². The van der Waals surface area contributed by atoms with Crippen molar-refractivity contribution in [2.24, 2.45) is 0 Å². The fraction of sp³-hybridized carbons (Fsp3) is 0.714. The number of rotatable bonds is 6. The number of nitrogens with one attached hydrogen (secondary N) is 2. The molecule has 0 spiro atoms. The van der Waals surface area contributed by atoms with Crippen LogP contribution >= 0.6 is 0 Å². The minimum Gasteiger partial charge on any atom is -0.461 e. The second-order valence-corrected chi connectivity index (χ2v) is 5.21. The van der Waals surface area contributed by atoms with Crippen molar-refractivity contribution in [1.29, 1.82) is 0 Å². The molecule has 2 rings (SSSR count). The summed E-state index contributed by atoms with van der Waals surface area (Å²) in [5.74, 6) is -0.510. The highest BCUT2D eigenvalue weighted by Crippen LogP contribution is 2.32. The van der Waals surface area contributed by atoms with E-state index in [0.29, 0.717) is 18.8 Å². The van der Waals surface area contributed by atoms with Crippen molar-refractivity contribution in [1.82, 2.24) is 25.6 Å². The van der Waals surface area contributed by atoms with Crippen molar-refractivity contribution in [3.8, 4) is 0 Å². The number of aromatic amines is 1. The number of hydrogen-bond donors (Lipinski definition) is 2. The molecule has 1 atom stereocenters. The predicted molar refractivity (Wildman–Crippen MR) is 79.3 cm³/mol. The summed E-state index contributed by atoms with van der Waals surface area (Å²) in [7, 11) is 0. The highest BCUT2D eigenvalue weighted by Gasteiger charge is 2.35. The number of aromatic nitrogens is 3. The van der Waals surface area contributed by atoms with E-state index in [2.05, 4.69) is 27.7 Å². The van der Waals surface area contributed by atoms with E-state index in [0.717, 1.165) is 25.7 Å². The molecular formula is C14H23N5O3. The maximum Gasteiger partial charge on any atom is 0.360 e. The number of carbonyl (C=O) groups excluding carboxylic acids is 2. The number of amides is 2. The Balaban J connectivity index is 2.09. The number of esters is 1. The van der Waals surface area contributed by atoms with Crippen LogP contribution in [0.25, 0.3) is 0 Å². The van der Waals surface area contributed by atoms with Gasteiger partial charge in [-0.15, -0.1) is 5.10 Å². The molecule has 0 aromatic carbocycles. The van der Waals surface area contributed by atoms with Crippen LogP contribution in [-0.2, 0) is 4.74 Å². The van der Waals surface area contributed by atoms with E-state index in [-0.39, 0.29) is 24.4 Å². The third-order valence-electron chi connectivity index (χ3n) is 3.68. The van der Waals surface area contributed by atoms with Gasteiger partial charge < -0.3 is 15.0 Å². The molecule has 0 aliphatic carbocycles. The van der Waals surface area contributed by atoms with Crippen molar-refractivity contribution in [2.75, 3.05) is 19.7 Å². The van der Waals surface area contributed by atoms with E-state index in [1.807, 2.05) is 0 Å². The Morgan fingerprint density at radius 1 is 1.41 bits per heavy atom. The number of unbranched alkanes of at least 4 members (excludes halogenated alkanes) is 1. The van der Waals surface area contributed by atoms with Crippen molar-refractivity contribution in [2.45, 2.75) is 45.6 Å². The van der Waals surface area contributed by atoms with Crippen LogP contribution in [0, 0.1) is 0 Å². The van der Waals surface area contributed by atoms with Gasteiger partial charge in [-0.2, -0.15) is 10.3 Å². The lowest BCUT2D eigenvalue weighted by atomic mass is 10.1. The van der Waals surface area contributed by atoms with E-state index in [9.17, 15) is 9.59 Å². The molecule has 1 fully saturated rings. The third kappa shape index (κ3) is 3.55. The molecule has 0 bridgehead atoms. The SMILES string of the molecule is CCCCNC(=O)N1CCCC1c1n[nH]nc1C(=O)OCC. The fourth-order valence-electron chi connectivity index (χ4n) is 2.59. The zero-order valence-electron chi connectivity index (χ0n) is 13.1. The molecule has 1 aliphatic heterocycles. The van der Waals surface area contributed by atoms with Gasteiger partial charge in [0.15, 0.2) is 5.69 Å². The molecule has 0 radical (unpaired) electrons. The van der Waals surface area contributed by atoms with Gasteiger partial charge >= 0.3 is 12.0 Å². The lowest BCUT2D eigenvalue weighted by molar-refractivity contribution is 0.0516. The predicted octanol–water partition coefficient (Wildman–Crippen LogP) is 1.63. The monoisotopic (exact) mass is 309 g/mol. The van der Waals surface area contributed by atoms with Crippen molar-refractivity contribution < 1.29 is 14.3 Å². The van der Waals surface area contributed by atoms with Crippen LogP contribution in [0.4, 0.5) is 4.79 Å². The van der Waals surface area contributed by atoms with E-state index >= 15 is 0 Å². The molecule has 8 nitrogen and oxygen atoms in total. The fourth-order valence-corrected chi connectivity index (χ4v) is 2.59. The van der Waals surface area contributed by atoms with Crippen molar-refractivity contribution in [3.63, 3.8) is 0 Å². The van der Waals surface area contributed by atoms with Gasteiger partial charge in [0.05, 0.1) is 12.6 Å². The number of hydrogen-bond acceptors (Lipinski definition) is 5. The van der Waals surface area contributed by atoms with Crippen LogP contribution < -0.4 is 5.32 Å². The maximum atomic E-state index is 12.3. The first-order chi connectivity index (χ1) is 10.7. The Labute approximate surface area is 129 Å². The molecule has 8 heteroatoms. The molecule has 1 aromatic heterocycles. The summed E-state index contributed by atoms with van der Waals surface area (Å²) in [6.07, 6.45) is 3.61. The van der Waals surface area contributed by atoms with Crippen LogP contribution in [-0.4, -0.2) is 52.0 Å². The van der Waals surface area contributed by atoms with E-state index < -0.39 is 5.97 Å². The van der Waals surface area contributed by atoms with Crippen LogP contribution in [0.15, 0.2) is 0 Å². The third-order valence-corrected chi connectivity index (χ3v) is 3.68. The Bertz CT molecular complexity index is 516. The molecule has 0 saturated carbocycles. The first-order valence-electron chi connectivity index (χ1n) is 7.81. The summed E-state index contributed by atoms with van der Waals surface area (Å²) in [6, 6.07) is -0.353. The average Bonchev–Trinajstić information content (AvgIpc) is 3.16. The van der Waals surface area contributed by atoms with Crippen LogP contribution in [0.3, 0.4) is 0 Å². The summed E-state index contributed by atoms with van der Waals surface area (Å²) in [5, 5.41) is 13.3. The summed E-state index contributed by atoms with van der Waals surface area (Å²) in [4.78, 5) is 25.9. The number of ether oxygens (including phenoxy) is 1. The highest BCUT2D eigenvalue weighted by atomic mass is 16.5. The second-order valence-electron chi connectivity index (χ2n) is 5.21. The van der Waals surface area contributed by atoms with Gasteiger partial charge in [-0.3, -0.25) is 0 Å². The van der Waals surface area contributed by atoms with Gasteiger partial charge in [0.2, 0.25) is 0 Å². The normalized spacial score (nSPS) is 17.5. The summed E-state index contributed by atoms with van der Waals surface area (Å²) in [6.45, 7) is 5.39. The van der Waals surface area contributed by atoms with Crippen molar-refractivity contribution >= 4 is 12.0 Å². The largest absolute Gasteiger partial charge is 0.461 e. The minimum atomic E-state index is -0.510. The van der Waals surface area contributed by atoms with Gasteiger partial charge in [-0.05, 0) is 26.2 Å². The zero-order chi connectivity index (χ0) is 15.9. The number of urea groups is 1. The summed E-state index contributed by atoms with van der Waals surface area (Å²) in [5.41, 5.74) is 0.654. The molecule has 1 unspecified atom stereocenters. The molecule has 2 heterocycles. The molecular weight excluding hydrogens is 286 g/mol. The molecule has 1 aliphatic rings. The van der Waals surface area contributed by atoms with E-state index in [1.54, 1.807) is 11.8 Å². The summed E-state index contributed by atoms with van der Waals surface area (Å²) < 4.78 is 4.98. The van der Waals surface area contributed by atoms with Gasteiger partial charge in [-0.25, -0.2) is 9.59 Å². The van der Waals surface area contributed by atoms with E-state index in [4.69, 9.17) is 4.74 Å². The van der Waals surface area contributed by atoms with Gasteiger partial charge in [0.1, 0.15) is 5.69 Å².